The van der Waals surface area contributed by atoms with Crippen LogP contribution in [0.1, 0.15) is 38.2 Å². The molecule has 0 spiro atoms. The van der Waals surface area contributed by atoms with Gasteiger partial charge in [0.15, 0.2) is 0 Å². The van der Waals surface area contributed by atoms with E-state index >= 15 is 0 Å². The van der Waals surface area contributed by atoms with Gasteiger partial charge in [0.25, 0.3) is 0 Å². The van der Waals surface area contributed by atoms with Crippen LogP contribution in [0.25, 0.3) is 0 Å². The van der Waals surface area contributed by atoms with Crippen molar-refractivity contribution in [2.24, 2.45) is 5.73 Å². The summed E-state index contributed by atoms with van der Waals surface area (Å²) >= 11 is 0. The molecule has 0 aliphatic carbocycles. The number of hydrogen-bond acceptors (Lipinski definition) is 2. The maximum absolute atomic E-state index is 8.42. The van der Waals surface area contributed by atoms with E-state index in [4.69, 9.17) is 11.0 Å². The molecule has 1 rings (SSSR count). The average Bonchev–Trinajstić information content (AvgIpc) is 2.72. The van der Waals surface area contributed by atoms with E-state index in [1.54, 1.807) is 0 Å². The Kier molecular flexibility index (Phi) is 5.66. The molecule has 1 aromatic rings. The molecular formula is C13H21N3. The number of aryl methyl sites for hydroxylation is 1. The van der Waals surface area contributed by atoms with Crippen molar-refractivity contribution >= 4 is 0 Å². The van der Waals surface area contributed by atoms with Gasteiger partial charge in [0.05, 0.1) is 6.07 Å². The minimum atomic E-state index is 0.273. The first kappa shape index (κ1) is 12.8. The highest BCUT2D eigenvalue weighted by Crippen LogP contribution is 2.07. The molecule has 0 saturated heterocycles. The Balaban J connectivity index is 2.31. The fraction of sp³-hybridized carbons (Fsp3) is 0.615. The van der Waals surface area contributed by atoms with Gasteiger partial charge in [-0.05, 0) is 37.3 Å². The second-order valence-electron chi connectivity index (χ2n) is 4.25. The van der Waals surface area contributed by atoms with E-state index in [0.29, 0.717) is 6.42 Å². The van der Waals surface area contributed by atoms with Crippen molar-refractivity contribution in [1.82, 2.24) is 4.57 Å². The van der Waals surface area contributed by atoms with Crippen LogP contribution in [-0.4, -0.2) is 10.6 Å². The lowest BCUT2D eigenvalue weighted by molar-refractivity contribution is 0.612. The summed E-state index contributed by atoms with van der Waals surface area (Å²) in [6, 6.07) is 4.58. The van der Waals surface area contributed by atoms with Crippen LogP contribution in [0.5, 0.6) is 0 Å². The number of aromatic nitrogens is 1. The van der Waals surface area contributed by atoms with E-state index in [-0.39, 0.29) is 6.04 Å². The number of nitrogens with zero attached hydrogens (tertiary/aromatic N) is 2. The molecule has 3 nitrogen and oxygen atoms in total. The minimum Gasteiger partial charge on any atom is -0.354 e. The van der Waals surface area contributed by atoms with Crippen molar-refractivity contribution in [2.75, 3.05) is 0 Å². The van der Waals surface area contributed by atoms with E-state index in [1.165, 1.54) is 5.56 Å². The Morgan fingerprint density at radius 2 is 2.31 bits per heavy atom. The number of hydrogen-bond donors (Lipinski definition) is 1. The van der Waals surface area contributed by atoms with Gasteiger partial charge in [0.2, 0.25) is 0 Å². The third-order valence-electron chi connectivity index (χ3n) is 2.79. The Morgan fingerprint density at radius 3 is 3.00 bits per heavy atom. The Labute approximate surface area is 97.9 Å². The van der Waals surface area contributed by atoms with Gasteiger partial charge in [0, 0.05) is 31.4 Å². The van der Waals surface area contributed by atoms with E-state index in [1.807, 2.05) is 0 Å². The molecule has 1 heterocycles. The Morgan fingerprint density at radius 1 is 1.50 bits per heavy atom. The van der Waals surface area contributed by atoms with Crippen LogP contribution >= 0.6 is 0 Å². The molecule has 0 aliphatic rings. The topological polar surface area (TPSA) is 54.7 Å². The molecule has 1 aromatic heterocycles. The van der Waals surface area contributed by atoms with E-state index in [2.05, 4.69) is 36.0 Å². The highest BCUT2D eigenvalue weighted by Gasteiger charge is 2.02. The summed E-state index contributed by atoms with van der Waals surface area (Å²) < 4.78 is 2.19. The molecule has 16 heavy (non-hydrogen) atoms. The molecule has 0 saturated carbocycles. The first-order valence-corrected chi connectivity index (χ1v) is 6.03. The average molecular weight is 219 g/mol. The highest BCUT2D eigenvalue weighted by molar-refractivity contribution is 5.11. The number of rotatable bonds is 7. The van der Waals surface area contributed by atoms with Gasteiger partial charge in [-0.25, -0.2) is 0 Å². The molecule has 0 amide bonds. The molecule has 0 radical (unpaired) electrons. The lowest BCUT2D eigenvalue weighted by atomic mass is 10.1. The third-order valence-corrected chi connectivity index (χ3v) is 2.79. The van der Waals surface area contributed by atoms with Gasteiger partial charge in [-0.2, -0.15) is 5.26 Å². The standard InChI is InChI=1S/C13H21N3/c1-2-13(15)10-12-6-9-16(11-12)8-5-3-4-7-14/h6,9,11,13H,2-5,8,10,15H2,1H3. The van der Waals surface area contributed by atoms with Crippen LogP contribution in [-0.2, 0) is 13.0 Å². The van der Waals surface area contributed by atoms with Gasteiger partial charge in [0.1, 0.15) is 0 Å². The molecule has 0 aromatic carbocycles. The summed E-state index contributed by atoms with van der Waals surface area (Å²) in [4.78, 5) is 0. The van der Waals surface area contributed by atoms with Crippen molar-refractivity contribution in [1.29, 1.82) is 5.26 Å². The molecule has 3 heteroatoms. The van der Waals surface area contributed by atoms with Crippen molar-refractivity contribution in [2.45, 2.75) is 51.6 Å². The van der Waals surface area contributed by atoms with Crippen LogP contribution in [0.15, 0.2) is 18.5 Å². The van der Waals surface area contributed by atoms with Crippen LogP contribution in [0, 0.1) is 11.3 Å². The minimum absolute atomic E-state index is 0.273. The second kappa shape index (κ2) is 7.08. The summed E-state index contributed by atoms with van der Waals surface area (Å²) in [5.74, 6) is 0. The molecule has 0 bridgehead atoms. The molecular weight excluding hydrogens is 198 g/mol. The van der Waals surface area contributed by atoms with Gasteiger partial charge < -0.3 is 10.3 Å². The summed E-state index contributed by atoms with van der Waals surface area (Å²) in [6.45, 7) is 3.12. The van der Waals surface area contributed by atoms with Crippen molar-refractivity contribution in [3.63, 3.8) is 0 Å². The fourth-order valence-corrected chi connectivity index (χ4v) is 1.70. The first-order chi connectivity index (χ1) is 7.76. The maximum Gasteiger partial charge on any atom is 0.0621 e. The second-order valence-corrected chi connectivity index (χ2v) is 4.25. The van der Waals surface area contributed by atoms with Gasteiger partial charge in [-0.15, -0.1) is 0 Å². The number of nitriles is 1. The molecule has 1 unspecified atom stereocenters. The predicted molar refractivity (Wildman–Crippen MR) is 65.9 cm³/mol. The smallest absolute Gasteiger partial charge is 0.0621 e. The summed E-state index contributed by atoms with van der Waals surface area (Å²) in [5, 5.41) is 8.42. The first-order valence-electron chi connectivity index (χ1n) is 6.03. The fourth-order valence-electron chi connectivity index (χ4n) is 1.70. The van der Waals surface area contributed by atoms with E-state index in [0.717, 1.165) is 32.2 Å². The normalized spacial score (nSPS) is 12.3. The van der Waals surface area contributed by atoms with Gasteiger partial charge in [-0.1, -0.05) is 6.92 Å². The van der Waals surface area contributed by atoms with Crippen molar-refractivity contribution in [3.8, 4) is 6.07 Å². The van der Waals surface area contributed by atoms with Crippen LogP contribution < -0.4 is 5.73 Å². The summed E-state index contributed by atoms with van der Waals surface area (Å²) in [5.41, 5.74) is 7.22. The lowest BCUT2D eigenvalue weighted by Gasteiger charge is -2.06. The maximum atomic E-state index is 8.42. The third kappa shape index (κ3) is 4.50. The van der Waals surface area contributed by atoms with E-state index in [9.17, 15) is 0 Å². The molecule has 1 atom stereocenters. The number of unbranched alkanes of at least 4 members (excludes halogenated alkanes) is 2. The monoisotopic (exact) mass is 219 g/mol. The van der Waals surface area contributed by atoms with Crippen LogP contribution in [0.2, 0.25) is 0 Å². The largest absolute Gasteiger partial charge is 0.354 e. The zero-order valence-electron chi connectivity index (χ0n) is 10.0. The number of nitrogens with two attached hydrogens (primary N) is 1. The zero-order chi connectivity index (χ0) is 11.8. The summed E-state index contributed by atoms with van der Waals surface area (Å²) in [7, 11) is 0. The van der Waals surface area contributed by atoms with Gasteiger partial charge in [-0.3, -0.25) is 0 Å². The Bertz CT molecular complexity index is 335. The van der Waals surface area contributed by atoms with E-state index < -0.39 is 0 Å². The van der Waals surface area contributed by atoms with Crippen molar-refractivity contribution in [3.05, 3.63) is 24.0 Å². The quantitative estimate of drug-likeness (QED) is 0.716. The lowest BCUT2D eigenvalue weighted by Crippen LogP contribution is -2.21. The molecule has 2 N–H and O–H groups in total. The Hall–Kier alpha value is -1.27. The zero-order valence-corrected chi connectivity index (χ0v) is 10.0. The van der Waals surface area contributed by atoms with Crippen molar-refractivity contribution < 1.29 is 0 Å². The molecule has 88 valence electrons. The van der Waals surface area contributed by atoms with Crippen LogP contribution in [0.4, 0.5) is 0 Å². The summed E-state index contributed by atoms with van der Waals surface area (Å²) in [6.07, 6.45) is 8.97. The SMILES string of the molecule is CCC(N)Cc1ccn(CCCCC#N)c1. The molecule has 0 aliphatic heterocycles. The van der Waals surface area contributed by atoms with Gasteiger partial charge >= 0.3 is 0 Å². The molecule has 0 fully saturated rings. The van der Waals surface area contributed by atoms with Crippen LogP contribution in [0.3, 0.4) is 0 Å². The highest BCUT2D eigenvalue weighted by atomic mass is 14.9. The predicted octanol–water partition coefficient (Wildman–Crippen LogP) is 2.46.